The standard InChI is InChI=1S/C14H19N3OS/c1-10-13(8-15)19-14(16-10)17(2)9-11-5-4-6-12(7-11)18-3/h4-7H,8-9,15H2,1-3H3. The number of thiazole rings is 1. The van der Waals surface area contributed by atoms with E-state index in [2.05, 4.69) is 16.0 Å². The van der Waals surface area contributed by atoms with Crippen LogP contribution in [0.5, 0.6) is 5.75 Å². The van der Waals surface area contributed by atoms with Crippen molar-refractivity contribution >= 4 is 16.5 Å². The van der Waals surface area contributed by atoms with E-state index in [4.69, 9.17) is 10.5 Å². The summed E-state index contributed by atoms with van der Waals surface area (Å²) in [6.07, 6.45) is 0. The van der Waals surface area contributed by atoms with Gasteiger partial charge in [-0.05, 0) is 24.6 Å². The average Bonchev–Trinajstić information content (AvgIpc) is 2.80. The minimum Gasteiger partial charge on any atom is -0.497 e. The molecule has 0 spiro atoms. The molecule has 1 aromatic heterocycles. The molecule has 0 aliphatic rings. The molecule has 0 fully saturated rings. The average molecular weight is 277 g/mol. The largest absolute Gasteiger partial charge is 0.497 e. The number of benzene rings is 1. The minimum absolute atomic E-state index is 0.552. The molecule has 0 radical (unpaired) electrons. The Balaban J connectivity index is 2.13. The maximum absolute atomic E-state index is 5.69. The van der Waals surface area contributed by atoms with Crippen molar-refractivity contribution in [2.75, 3.05) is 19.1 Å². The van der Waals surface area contributed by atoms with E-state index in [0.717, 1.165) is 28.0 Å². The third kappa shape index (κ3) is 3.24. The number of nitrogens with zero attached hydrogens (tertiary/aromatic N) is 2. The number of hydrogen-bond donors (Lipinski definition) is 1. The number of hydrogen-bond acceptors (Lipinski definition) is 5. The summed E-state index contributed by atoms with van der Waals surface area (Å²) < 4.78 is 5.23. The molecule has 0 amide bonds. The summed E-state index contributed by atoms with van der Waals surface area (Å²) in [6.45, 7) is 3.35. The molecule has 0 saturated heterocycles. The predicted molar refractivity (Wildman–Crippen MR) is 79.8 cm³/mol. The Hall–Kier alpha value is -1.59. The lowest BCUT2D eigenvalue weighted by Gasteiger charge is -2.16. The third-order valence-corrected chi connectivity index (χ3v) is 4.24. The highest BCUT2D eigenvalue weighted by Crippen LogP contribution is 2.26. The van der Waals surface area contributed by atoms with Crippen LogP contribution in [0, 0.1) is 6.92 Å². The van der Waals surface area contributed by atoms with E-state index in [1.807, 2.05) is 32.2 Å². The topological polar surface area (TPSA) is 51.4 Å². The van der Waals surface area contributed by atoms with E-state index in [9.17, 15) is 0 Å². The first-order valence-corrected chi connectivity index (χ1v) is 6.96. The van der Waals surface area contributed by atoms with Crippen LogP contribution >= 0.6 is 11.3 Å². The first kappa shape index (κ1) is 13.8. The van der Waals surface area contributed by atoms with Crippen LogP contribution in [0.1, 0.15) is 16.1 Å². The van der Waals surface area contributed by atoms with Crippen molar-refractivity contribution in [1.82, 2.24) is 4.98 Å². The van der Waals surface area contributed by atoms with E-state index in [-0.39, 0.29) is 0 Å². The van der Waals surface area contributed by atoms with Gasteiger partial charge in [0.1, 0.15) is 5.75 Å². The van der Waals surface area contributed by atoms with Crippen LogP contribution < -0.4 is 15.4 Å². The zero-order valence-corrected chi connectivity index (χ0v) is 12.3. The maximum atomic E-state index is 5.69. The van der Waals surface area contributed by atoms with Crippen molar-refractivity contribution in [3.8, 4) is 5.75 Å². The number of ether oxygens (including phenoxy) is 1. The molecule has 0 saturated carbocycles. The van der Waals surface area contributed by atoms with Crippen molar-refractivity contribution in [2.24, 2.45) is 5.73 Å². The van der Waals surface area contributed by atoms with Gasteiger partial charge in [-0.15, -0.1) is 11.3 Å². The summed E-state index contributed by atoms with van der Waals surface area (Å²) in [6, 6.07) is 8.08. The molecule has 2 N–H and O–H groups in total. The molecule has 1 heterocycles. The fourth-order valence-corrected chi connectivity index (χ4v) is 2.78. The molecule has 0 aliphatic carbocycles. The molecule has 1 aromatic carbocycles. The van der Waals surface area contributed by atoms with Crippen molar-refractivity contribution in [3.63, 3.8) is 0 Å². The zero-order chi connectivity index (χ0) is 13.8. The van der Waals surface area contributed by atoms with Crippen molar-refractivity contribution in [3.05, 3.63) is 40.4 Å². The van der Waals surface area contributed by atoms with Gasteiger partial charge in [0.15, 0.2) is 5.13 Å². The minimum atomic E-state index is 0.552. The van der Waals surface area contributed by atoms with Gasteiger partial charge in [0.25, 0.3) is 0 Å². The van der Waals surface area contributed by atoms with E-state index in [1.165, 1.54) is 5.56 Å². The quantitative estimate of drug-likeness (QED) is 0.912. The molecule has 0 aliphatic heterocycles. The summed E-state index contributed by atoms with van der Waals surface area (Å²) >= 11 is 1.66. The lowest BCUT2D eigenvalue weighted by molar-refractivity contribution is 0.414. The van der Waals surface area contributed by atoms with Crippen molar-refractivity contribution in [2.45, 2.75) is 20.0 Å². The highest BCUT2D eigenvalue weighted by Gasteiger charge is 2.10. The number of methoxy groups -OCH3 is 1. The van der Waals surface area contributed by atoms with Gasteiger partial charge in [-0.3, -0.25) is 0 Å². The molecule has 2 aromatic rings. The summed E-state index contributed by atoms with van der Waals surface area (Å²) in [5, 5.41) is 1.00. The normalized spacial score (nSPS) is 10.5. The molecule has 5 heteroatoms. The van der Waals surface area contributed by atoms with Crippen molar-refractivity contribution in [1.29, 1.82) is 0 Å². The summed E-state index contributed by atoms with van der Waals surface area (Å²) in [5.41, 5.74) is 7.92. The van der Waals surface area contributed by atoms with Crippen LogP contribution in [-0.2, 0) is 13.1 Å². The van der Waals surface area contributed by atoms with Gasteiger partial charge in [-0.25, -0.2) is 4.98 Å². The molecule has 102 valence electrons. The Kier molecular flexibility index (Phi) is 4.39. The second-order valence-electron chi connectivity index (χ2n) is 4.42. The SMILES string of the molecule is COc1cccc(CN(C)c2nc(C)c(CN)s2)c1. The second kappa shape index (κ2) is 6.04. The van der Waals surface area contributed by atoms with Crippen LogP contribution in [0.15, 0.2) is 24.3 Å². The Morgan fingerprint density at radius 1 is 1.42 bits per heavy atom. The van der Waals surface area contributed by atoms with E-state index < -0.39 is 0 Å². The Morgan fingerprint density at radius 3 is 2.84 bits per heavy atom. The highest BCUT2D eigenvalue weighted by molar-refractivity contribution is 7.15. The van der Waals surface area contributed by atoms with Crippen LogP contribution in [-0.4, -0.2) is 19.1 Å². The third-order valence-electron chi connectivity index (χ3n) is 2.95. The molecule has 2 rings (SSSR count). The highest BCUT2D eigenvalue weighted by atomic mass is 32.1. The van der Waals surface area contributed by atoms with Gasteiger partial charge in [-0.2, -0.15) is 0 Å². The molecule has 0 unspecified atom stereocenters. The Bertz CT molecular complexity index is 553. The molecular weight excluding hydrogens is 258 g/mol. The number of aromatic nitrogens is 1. The van der Waals surface area contributed by atoms with Gasteiger partial charge in [-0.1, -0.05) is 12.1 Å². The molecule has 19 heavy (non-hydrogen) atoms. The maximum Gasteiger partial charge on any atom is 0.185 e. The summed E-state index contributed by atoms with van der Waals surface area (Å²) in [5.74, 6) is 0.879. The Labute approximate surface area is 117 Å². The molecule has 0 bridgehead atoms. The number of rotatable bonds is 5. The smallest absolute Gasteiger partial charge is 0.185 e. The molecule has 0 atom stereocenters. The van der Waals surface area contributed by atoms with Gasteiger partial charge in [0, 0.05) is 25.0 Å². The Morgan fingerprint density at radius 2 is 2.21 bits per heavy atom. The van der Waals surface area contributed by atoms with E-state index >= 15 is 0 Å². The first-order valence-electron chi connectivity index (χ1n) is 6.14. The number of nitrogens with two attached hydrogens (primary N) is 1. The molecular formula is C14H19N3OS. The van der Waals surface area contributed by atoms with Crippen LogP contribution in [0.25, 0.3) is 0 Å². The monoisotopic (exact) mass is 277 g/mol. The lowest BCUT2D eigenvalue weighted by Crippen LogP contribution is -2.16. The van der Waals surface area contributed by atoms with Crippen LogP contribution in [0.2, 0.25) is 0 Å². The fraction of sp³-hybridized carbons (Fsp3) is 0.357. The molecule has 4 nitrogen and oxygen atoms in total. The lowest BCUT2D eigenvalue weighted by atomic mass is 10.2. The first-order chi connectivity index (χ1) is 9.13. The number of anilines is 1. The fourth-order valence-electron chi connectivity index (χ4n) is 1.88. The van der Waals surface area contributed by atoms with Gasteiger partial charge >= 0.3 is 0 Å². The second-order valence-corrected chi connectivity index (χ2v) is 5.48. The summed E-state index contributed by atoms with van der Waals surface area (Å²) in [7, 11) is 3.72. The van der Waals surface area contributed by atoms with Gasteiger partial charge in [0.2, 0.25) is 0 Å². The number of aryl methyl sites for hydroxylation is 1. The zero-order valence-electron chi connectivity index (χ0n) is 11.5. The summed E-state index contributed by atoms with van der Waals surface area (Å²) in [4.78, 5) is 7.83. The van der Waals surface area contributed by atoms with Crippen LogP contribution in [0.3, 0.4) is 0 Å². The van der Waals surface area contributed by atoms with Gasteiger partial charge in [0.05, 0.1) is 12.8 Å². The van der Waals surface area contributed by atoms with Crippen molar-refractivity contribution < 1.29 is 4.74 Å². The predicted octanol–water partition coefficient (Wildman–Crippen LogP) is 2.56. The van der Waals surface area contributed by atoms with E-state index in [0.29, 0.717) is 6.54 Å². The van der Waals surface area contributed by atoms with Gasteiger partial charge < -0.3 is 15.4 Å². The van der Waals surface area contributed by atoms with E-state index in [1.54, 1.807) is 18.4 Å². The van der Waals surface area contributed by atoms with Crippen LogP contribution in [0.4, 0.5) is 5.13 Å².